The normalized spacial score (nSPS) is 12.2. The molecule has 10 heteroatoms. The number of sulfonamides is 2. The highest BCUT2D eigenvalue weighted by Gasteiger charge is 2.16. The van der Waals surface area contributed by atoms with E-state index in [1.807, 2.05) is 0 Å². The van der Waals surface area contributed by atoms with E-state index in [4.69, 9.17) is 9.15 Å². The van der Waals surface area contributed by atoms with E-state index in [0.717, 1.165) is 0 Å². The van der Waals surface area contributed by atoms with E-state index in [2.05, 4.69) is 9.44 Å². The molecule has 0 bridgehead atoms. The van der Waals surface area contributed by atoms with Crippen LogP contribution in [0.25, 0.3) is 0 Å². The van der Waals surface area contributed by atoms with Gasteiger partial charge in [0.05, 0.1) is 30.6 Å². The Bertz CT molecular complexity index is 843. The van der Waals surface area contributed by atoms with Crippen LogP contribution >= 0.6 is 0 Å². The number of methoxy groups -OCH3 is 1. The Morgan fingerprint density at radius 3 is 2.33 bits per heavy atom. The summed E-state index contributed by atoms with van der Waals surface area (Å²) >= 11 is 0. The van der Waals surface area contributed by atoms with E-state index in [-0.39, 0.29) is 23.7 Å². The molecule has 0 saturated carbocycles. The second kappa shape index (κ2) is 7.79. The van der Waals surface area contributed by atoms with E-state index < -0.39 is 20.0 Å². The van der Waals surface area contributed by atoms with Gasteiger partial charge in [0.25, 0.3) is 0 Å². The molecular formula is C14H18N2O6S2. The predicted molar refractivity (Wildman–Crippen MR) is 87.5 cm³/mol. The topological polar surface area (TPSA) is 115 Å². The Labute approximate surface area is 140 Å². The second-order valence-corrected chi connectivity index (χ2v) is 8.49. The molecule has 1 aromatic carbocycles. The third kappa shape index (κ3) is 5.34. The molecular weight excluding hydrogens is 356 g/mol. The third-order valence-electron chi connectivity index (χ3n) is 3.08. The maximum Gasteiger partial charge on any atom is 0.240 e. The monoisotopic (exact) mass is 374 g/mol. The Morgan fingerprint density at radius 1 is 1.04 bits per heavy atom. The first-order valence-corrected chi connectivity index (χ1v) is 10.1. The third-order valence-corrected chi connectivity index (χ3v) is 5.88. The molecule has 2 N–H and O–H groups in total. The number of hydrogen-bond donors (Lipinski definition) is 2. The number of rotatable bonds is 9. The van der Waals surface area contributed by atoms with Crippen LogP contribution in [0.2, 0.25) is 0 Å². The fourth-order valence-corrected chi connectivity index (χ4v) is 3.85. The molecule has 0 aliphatic heterocycles. The number of furan rings is 1. The van der Waals surface area contributed by atoms with Gasteiger partial charge in [0.2, 0.25) is 20.0 Å². The molecule has 0 fully saturated rings. The summed E-state index contributed by atoms with van der Waals surface area (Å²) in [4.78, 5) is 0.0317. The fraction of sp³-hybridized carbons (Fsp3) is 0.286. The molecule has 24 heavy (non-hydrogen) atoms. The van der Waals surface area contributed by atoms with Crippen molar-refractivity contribution in [1.82, 2.24) is 9.44 Å². The lowest BCUT2D eigenvalue weighted by Crippen LogP contribution is -2.34. The molecule has 0 spiro atoms. The molecule has 0 radical (unpaired) electrons. The molecule has 2 aromatic rings. The molecule has 1 aromatic heterocycles. The van der Waals surface area contributed by atoms with E-state index in [1.54, 1.807) is 12.1 Å². The number of nitrogens with one attached hydrogen (secondary N) is 2. The minimum atomic E-state index is -3.78. The van der Waals surface area contributed by atoms with Crippen LogP contribution in [-0.4, -0.2) is 36.2 Å². The van der Waals surface area contributed by atoms with Crippen LogP contribution in [0.15, 0.2) is 52.0 Å². The minimum absolute atomic E-state index is 0.0144. The molecule has 132 valence electrons. The summed E-state index contributed by atoms with van der Waals surface area (Å²) in [5, 5.41) is 0. The van der Waals surface area contributed by atoms with Crippen LogP contribution in [0.1, 0.15) is 5.76 Å². The molecule has 0 unspecified atom stereocenters. The van der Waals surface area contributed by atoms with Gasteiger partial charge in [0.1, 0.15) is 11.5 Å². The Morgan fingerprint density at radius 2 is 1.75 bits per heavy atom. The van der Waals surface area contributed by atoms with Gasteiger partial charge in [-0.15, -0.1) is 0 Å². The highest BCUT2D eigenvalue weighted by atomic mass is 32.2. The lowest BCUT2D eigenvalue weighted by Gasteiger charge is -2.08. The van der Waals surface area contributed by atoms with Gasteiger partial charge in [-0.1, -0.05) is 0 Å². The molecule has 2 rings (SSSR count). The van der Waals surface area contributed by atoms with Gasteiger partial charge in [0, 0.05) is 6.54 Å². The van der Waals surface area contributed by atoms with Crippen molar-refractivity contribution >= 4 is 20.0 Å². The van der Waals surface area contributed by atoms with Gasteiger partial charge in [-0.3, -0.25) is 0 Å². The van der Waals surface area contributed by atoms with Gasteiger partial charge >= 0.3 is 0 Å². The van der Waals surface area contributed by atoms with E-state index >= 15 is 0 Å². The molecule has 8 nitrogen and oxygen atoms in total. The number of ether oxygens (including phenoxy) is 1. The summed E-state index contributed by atoms with van der Waals surface area (Å²) < 4.78 is 62.4. The van der Waals surface area contributed by atoms with Crippen LogP contribution in [0.5, 0.6) is 5.75 Å². The molecule has 0 atom stereocenters. The van der Waals surface area contributed by atoms with Crippen LogP contribution in [-0.2, 0) is 26.6 Å². The van der Waals surface area contributed by atoms with Crippen molar-refractivity contribution in [3.63, 3.8) is 0 Å². The quantitative estimate of drug-likeness (QED) is 0.667. The zero-order valence-corrected chi connectivity index (χ0v) is 14.6. The molecule has 0 amide bonds. The van der Waals surface area contributed by atoms with Crippen LogP contribution in [0, 0.1) is 0 Å². The smallest absolute Gasteiger partial charge is 0.240 e. The summed E-state index contributed by atoms with van der Waals surface area (Å²) in [7, 11) is -5.94. The van der Waals surface area contributed by atoms with Gasteiger partial charge in [-0.05, 0) is 36.4 Å². The van der Waals surface area contributed by atoms with E-state index in [0.29, 0.717) is 11.5 Å². The average molecular weight is 374 g/mol. The first-order valence-electron chi connectivity index (χ1n) is 6.96. The van der Waals surface area contributed by atoms with Crippen molar-refractivity contribution in [3.05, 3.63) is 48.4 Å². The maximum absolute atomic E-state index is 12.1. The molecule has 0 aliphatic carbocycles. The van der Waals surface area contributed by atoms with Gasteiger partial charge in [-0.25, -0.2) is 26.3 Å². The van der Waals surface area contributed by atoms with Gasteiger partial charge in [-0.2, -0.15) is 0 Å². The van der Waals surface area contributed by atoms with Crippen molar-refractivity contribution in [2.24, 2.45) is 0 Å². The zero-order chi connectivity index (χ0) is 17.6. The largest absolute Gasteiger partial charge is 0.497 e. The zero-order valence-electron chi connectivity index (χ0n) is 12.9. The number of benzene rings is 1. The van der Waals surface area contributed by atoms with Gasteiger partial charge < -0.3 is 9.15 Å². The maximum atomic E-state index is 12.1. The summed E-state index contributed by atoms with van der Waals surface area (Å²) in [6.45, 7) is -0.234. The standard InChI is InChI=1S/C14H18N2O6S2/c1-21-12-4-6-14(7-5-12)24(19,20)15-8-10-23(17,18)16-11-13-3-2-9-22-13/h2-7,9,15-16H,8,10-11H2,1H3. The summed E-state index contributed by atoms with van der Waals surface area (Å²) in [5.74, 6) is 0.611. The lowest BCUT2D eigenvalue weighted by atomic mass is 10.3. The SMILES string of the molecule is COc1ccc(S(=O)(=O)NCCS(=O)(=O)NCc2ccco2)cc1. The lowest BCUT2D eigenvalue weighted by molar-refractivity contribution is 0.414. The summed E-state index contributed by atoms with van der Waals surface area (Å²) in [5.41, 5.74) is 0. The summed E-state index contributed by atoms with van der Waals surface area (Å²) in [6, 6.07) is 9.06. The van der Waals surface area contributed by atoms with Crippen molar-refractivity contribution in [2.45, 2.75) is 11.4 Å². The van der Waals surface area contributed by atoms with Crippen molar-refractivity contribution in [2.75, 3.05) is 19.4 Å². The first-order chi connectivity index (χ1) is 11.3. The van der Waals surface area contributed by atoms with Crippen molar-refractivity contribution < 1.29 is 26.0 Å². The first kappa shape index (κ1) is 18.5. The number of hydrogen-bond acceptors (Lipinski definition) is 6. The van der Waals surface area contributed by atoms with Crippen molar-refractivity contribution in [3.8, 4) is 5.75 Å². The van der Waals surface area contributed by atoms with Gasteiger partial charge in [0.15, 0.2) is 0 Å². The van der Waals surface area contributed by atoms with Crippen LogP contribution < -0.4 is 14.2 Å². The molecule has 1 heterocycles. The van der Waals surface area contributed by atoms with E-state index in [1.165, 1.54) is 37.6 Å². The van der Waals surface area contributed by atoms with Crippen molar-refractivity contribution in [1.29, 1.82) is 0 Å². The van der Waals surface area contributed by atoms with E-state index in [9.17, 15) is 16.8 Å². The Kier molecular flexibility index (Phi) is 5.99. The molecule has 0 aliphatic rings. The summed E-state index contributed by atoms with van der Waals surface area (Å²) in [6.07, 6.45) is 1.44. The molecule has 0 saturated heterocycles. The Hall–Kier alpha value is -1.88. The van der Waals surface area contributed by atoms with Crippen LogP contribution in [0.3, 0.4) is 0 Å². The highest BCUT2D eigenvalue weighted by Crippen LogP contribution is 2.15. The fourth-order valence-electron chi connectivity index (χ4n) is 1.82. The predicted octanol–water partition coefficient (Wildman–Crippen LogP) is 0.686. The average Bonchev–Trinajstić information content (AvgIpc) is 3.06. The Balaban J connectivity index is 1.87. The highest BCUT2D eigenvalue weighted by molar-refractivity contribution is 7.90. The second-order valence-electron chi connectivity index (χ2n) is 4.79. The van der Waals surface area contributed by atoms with Crippen LogP contribution in [0.4, 0.5) is 0 Å². The minimum Gasteiger partial charge on any atom is -0.497 e.